The van der Waals surface area contributed by atoms with Crippen LogP contribution in [0.15, 0.2) is 42.5 Å². The Kier molecular flexibility index (Phi) is 4.23. The highest BCUT2D eigenvalue weighted by atomic mass is 35.5. The Labute approximate surface area is 139 Å². The molecule has 0 unspecified atom stereocenters. The molecule has 0 atom stereocenters. The van der Waals surface area contributed by atoms with Crippen LogP contribution >= 0.6 is 23.2 Å². The maximum atomic E-state index is 6.12. The van der Waals surface area contributed by atoms with E-state index in [0.717, 1.165) is 34.3 Å². The fraction of sp³-hybridized carbons (Fsp3) is 0.167. The average molecular weight is 332 g/mol. The van der Waals surface area contributed by atoms with Gasteiger partial charge >= 0.3 is 0 Å². The van der Waals surface area contributed by atoms with Crippen molar-refractivity contribution in [1.29, 1.82) is 0 Å². The molecule has 4 heteroatoms. The first-order chi connectivity index (χ1) is 10.6. The predicted molar refractivity (Wildman–Crippen MR) is 93.1 cm³/mol. The highest BCUT2D eigenvalue weighted by Crippen LogP contribution is 2.31. The third-order valence-electron chi connectivity index (χ3n) is 3.70. The lowest BCUT2D eigenvalue weighted by Crippen LogP contribution is -1.93. The summed E-state index contributed by atoms with van der Waals surface area (Å²) in [5.41, 5.74) is 4.03. The van der Waals surface area contributed by atoms with Gasteiger partial charge in [-0.2, -0.15) is 0 Å². The molecule has 2 nitrogen and oxygen atoms in total. The zero-order chi connectivity index (χ0) is 15.7. The molecule has 0 saturated carbocycles. The molecule has 1 aromatic heterocycles. The first-order valence-corrected chi connectivity index (χ1v) is 7.81. The minimum atomic E-state index is 0.536. The molecule has 22 heavy (non-hydrogen) atoms. The number of ether oxygens (including phenoxy) is 1. The third-order valence-corrected chi connectivity index (χ3v) is 4.44. The molecule has 2 aromatic carbocycles. The first kappa shape index (κ1) is 15.1. The molecule has 0 amide bonds. The molecule has 3 aromatic rings. The van der Waals surface area contributed by atoms with Gasteiger partial charge in [-0.05, 0) is 48.4 Å². The van der Waals surface area contributed by atoms with Gasteiger partial charge in [0.05, 0.1) is 28.4 Å². The molecule has 0 saturated heterocycles. The second kappa shape index (κ2) is 6.15. The van der Waals surface area contributed by atoms with Crippen LogP contribution in [0, 0.1) is 0 Å². The summed E-state index contributed by atoms with van der Waals surface area (Å²) in [5.74, 6) is 0.839. The van der Waals surface area contributed by atoms with Crippen molar-refractivity contribution in [1.82, 2.24) is 4.98 Å². The molecule has 1 heterocycles. The number of methoxy groups -OCH3 is 1. The summed E-state index contributed by atoms with van der Waals surface area (Å²) in [5, 5.41) is 2.20. The maximum absolute atomic E-state index is 6.12. The van der Waals surface area contributed by atoms with Crippen LogP contribution in [-0.4, -0.2) is 12.1 Å². The quantitative estimate of drug-likeness (QED) is 0.606. The molecule has 0 aliphatic heterocycles. The number of benzene rings is 2. The maximum Gasteiger partial charge on any atom is 0.119 e. The van der Waals surface area contributed by atoms with E-state index in [-0.39, 0.29) is 0 Å². The van der Waals surface area contributed by atoms with E-state index in [1.54, 1.807) is 13.2 Å². The number of aryl methyl sites for hydroxylation is 1. The van der Waals surface area contributed by atoms with Gasteiger partial charge in [0, 0.05) is 10.9 Å². The van der Waals surface area contributed by atoms with Gasteiger partial charge in [-0.3, -0.25) is 0 Å². The van der Waals surface area contributed by atoms with Gasteiger partial charge < -0.3 is 4.74 Å². The number of nitrogens with zero attached hydrogens (tertiary/aromatic N) is 1. The molecule has 0 bridgehead atoms. The highest BCUT2D eigenvalue weighted by Gasteiger charge is 2.09. The topological polar surface area (TPSA) is 22.1 Å². The van der Waals surface area contributed by atoms with E-state index < -0.39 is 0 Å². The van der Waals surface area contributed by atoms with Gasteiger partial charge in [0.2, 0.25) is 0 Å². The predicted octanol–water partition coefficient (Wildman–Crippen LogP) is 5.78. The highest BCUT2D eigenvalue weighted by molar-refractivity contribution is 6.42. The number of hydrogen-bond acceptors (Lipinski definition) is 2. The van der Waals surface area contributed by atoms with Crippen LogP contribution in [0.2, 0.25) is 10.0 Å². The molecule has 112 valence electrons. The van der Waals surface area contributed by atoms with Crippen molar-refractivity contribution in [3.8, 4) is 17.0 Å². The van der Waals surface area contributed by atoms with Crippen molar-refractivity contribution in [2.75, 3.05) is 7.11 Å². The number of hydrogen-bond donors (Lipinski definition) is 0. The Morgan fingerprint density at radius 2 is 1.82 bits per heavy atom. The molecule has 0 N–H and O–H groups in total. The van der Waals surface area contributed by atoms with Gasteiger partial charge in [-0.25, -0.2) is 4.98 Å². The molecule has 0 fully saturated rings. The second-order valence-electron chi connectivity index (χ2n) is 5.03. The van der Waals surface area contributed by atoms with E-state index in [1.165, 1.54) is 5.56 Å². The van der Waals surface area contributed by atoms with E-state index in [4.69, 9.17) is 32.9 Å². The van der Waals surface area contributed by atoms with Crippen LogP contribution in [-0.2, 0) is 6.42 Å². The fourth-order valence-electron chi connectivity index (χ4n) is 2.50. The van der Waals surface area contributed by atoms with E-state index in [0.29, 0.717) is 10.0 Å². The Morgan fingerprint density at radius 1 is 1.00 bits per heavy atom. The van der Waals surface area contributed by atoms with Crippen LogP contribution in [0.5, 0.6) is 5.75 Å². The average Bonchev–Trinajstić information content (AvgIpc) is 2.55. The lowest BCUT2D eigenvalue weighted by Gasteiger charge is -2.10. The normalized spacial score (nSPS) is 10.9. The van der Waals surface area contributed by atoms with Crippen LogP contribution in [0.25, 0.3) is 22.2 Å². The van der Waals surface area contributed by atoms with E-state index in [9.17, 15) is 0 Å². The SMILES string of the molecule is CCc1cc(-c2ccc(Cl)c(Cl)c2)nc2ccc(OC)cc12. The van der Waals surface area contributed by atoms with Crippen molar-refractivity contribution >= 4 is 34.1 Å². The zero-order valence-electron chi connectivity index (χ0n) is 12.4. The van der Waals surface area contributed by atoms with Crippen LogP contribution in [0.3, 0.4) is 0 Å². The monoisotopic (exact) mass is 331 g/mol. The molecular formula is C18H15Cl2NO. The molecule has 0 aliphatic rings. The summed E-state index contributed by atoms with van der Waals surface area (Å²) >= 11 is 12.1. The zero-order valence-corrected chi connectivity index (χ0v) is 13.9. The fourth-order valence-corrected chi connectivity index (χ4v) is 2.80. The minimum absolute atomic E-state index is 0.536. The lowest BCUT2D eigenvalue weighted by atomic mass is 10.0. The number of aromatic nitrogens is 1. The van der Waals surface area contributed by atoms with Crippen molar-refractivity contribution in [3.63, 3.8) is 0 Å². The Hall–Kier alpha value is -1.77. The van der Waals surface area contributed by atoms with E-state index in [1.807, 2.05) is 30.3 Å². The van der Waals surface area contributed by atoms with Gasteiger partial charge in [0.15, 0.2) is 0 Å². The van der Waals surface area contributed by atoms with Gasteiger partial charge in [-0.15, -0.1) is 0 Å². The first-order valence-electron chi connectivity index (χ1n) is 7.05. The number of rotatable bonds is 3. The Bertz CT molecular complexity index is 846. The molecule has 0 radical (unpaired) electrons. The van der Waals surface area contributed by atoms with Gasteiger partial charge in [0.1, 0.15) is 5.75 Å². The van der Waals surface area contributed by atoms with Crippen molar-refractivity contribution < 1.29 is 4.74 Å². The van der Waals surface area contributed by atoms with Gasteiger partial charge in [0.25, 0.3) is 0 Å². The summed E-state index contributed by atoms with van der Waals surface area (Å²) in [6.45, 7) is 2.13. The summed E-state index contributed by atoms with van der Waals surface area (Å²) in [6, 6.07) is 13.6. The van der Waals surface area contributed by atoms with Crippen molar-refractivity contribution in [2.45, 2.75) is 13.3 Å². The lowest BCUT2D eigenvalue weighted by molar-refractivity contribution is 0.415. The Morgan fingerprint density at radius 3 is 2.50 bits per heavy atom. The van der Waals surface area contributed by atoms with E-state index in [2.05, 4.69) is 13.0 Å². The number of halogens is 2. The summed E-state index contributed by atoms with van der Waals surface area (Å²) in [7, 11) is 1.67. The third kappa shape index (κ3) is 2.77. The standard InChI is InChI=1S/C18H15Cl2NO/c1-3-11-9-18(12-4-6-15(19)16(20)8-12)21-17-7-5-13(22-2)10-14(11)17/h4-10H,3H2,1-2H3. The summed E-state index contributed by atoms with van der Waals surface area (Å²) in [6.07, 6.45) is 0.917. The molecule has 0 aliphatic carbocycles. The Balaban J connectivity index is 2.20. The molecule has 0 spiro atoms. The number of fused-ring (bicyclic) bond motifs is 1. The van der Waals surface area contributed by atoms with Crippen molar-refractivity contribution in [3.05, 3.63) is 58.1 Å². The van der Waals surface area contributed by atoms with Crippen LogP contribution < -0.4 is 4.74 Å². The second-order valence-corrected chi connectivity index (χ2v) is 5.85. The largest absolute Gasteiger partial charge is 0.497 e. The minimum Gasteiger partial charge on any atom is -0.497 e. The van der Waals surface area contributed by atoms with Crippen LogP contribution in [0.4, 0.5) is 0 Å². The van der Waals surface area contributed by atoms with Crippen molar-refractivity contribution in [2.24, 2.45) is 0 Å². The molecular weight excluding hydrogens is 317 g/mol. The van der Waals surface area contributed by atoms with Crippen LogP contribution in [0.1, 0.15) is 12.5 Å². The summed E-state index contributed by atoms with van der Waals surface area (Å²) < 4.78 is 5.31. The molecule has 3 rings (SSSR count). The van der Waals surface area contributed by atoms with E-state index >= 15 is 0 Å². The smallest absolute Gasteiger partial charge is 0.119 e. The number of pyridine rings is 1. The van der Waals surface area contributed by atoms with Gasteiger partial charge in [-0.1, -0.05) is 36.2 Å². The summed E-state index contributed by atoms with van der Waals surface area (Å²) in [4.78, 5) is 4.74.